The number of fused-ring (bicyclic) bond motifs is 1. The van der Waals surface area contributed by atoms with Crippen LogP contribution < -0.4 is 16.0 Å². The maximum Gasteiger partial charge on any atom is 0.246 e. The molecule has 242 valence electrons. The summed E-state index contributed by atoms with van der Waals surface area (Å²) >= 11 is 1.58. The zero-order valence-corrected chi connectivity index (χ0v) is 28.2. The minimum Gasteiger partial charge on any atom is -0.350 e. The lowest BCUT2D eigenvalue weighted by molar-refractivity contribution is -0.129. The Bertz CT molecular complexity index is 1290. The van der Waals surface area contributed by atoms with Crippen molar-refractivity contribution in [3.63, 3.8) is 0 Å². The Morgan fingerprint density at radius 1 is 1.07 bits per heavy atom. The van der Waals surface area contributed by atoms with Gasteiger partial charge in [-0.3, -0.25) is 19.3 Å². The number of benzene rings is 1. The van der Waals surface area contributed by atoms with Gasteiger partial charge < -0.3 is 16.0 Å². The van der Waals surface area contributed by atoms with Crippen molar-refractivity contribution in [2.45, 2.75) is 110 Å². The van der Waals surface area contributed by atoms with Gasteiger partial charge in [0.05, 0.1) is 15.2 Å². The first-order chi connectivity index (χ1) is 21.1. The van der Waals surface area contributed by atoms with E-state index in [9.17, 15) is 14.4 Å². The van der Waals surface area contributed by atoms with Crippen molar-refractivity contribution in [3.8, 4) is 0 Å². The number of carbonyl (C=O) groups excluding carboxylic acids is 3. The first-order valence-corrected chi connectivity index (χ1v) is 17.6. The number of thiazole rings is 1. The number of carbonyl (C=O) groups is 3. The van der Waals surface area contributed by atoms with Gasteiger partial charge in [0.2, 0.25) is 17.7 Å². The van der Waals surface area contributed by atoms with E-state index in [1.165, 1.54) is 24.8 Å². The van der Waals surface area contributed by atoms with Crippen molar-refractivity contribution < 1.29 is 14.4 Å². The van der Waals surface area contributed by atoms with Crippen molar-refractivity contribution in [2.24, 2.45) is 11.8 Å². The number of amides is 3. The Hall–Kier alpha value is -2.78. The Morgan fingerprint density at radius 2 is 1.80 bits per heavy atom. The van der Waals surface area contributed by atoms with Crippen molar-refractivity contribution >= 4 is 39.3 Å². The molecule has 2 atom stereocenters. The standard InChI is InChI=1S/C35H53N5O3S/c1-6-32(41)37-29(21-33-38-28-13-12-27(23(2)3)20-31(28)44-33)35(43)39-30(26-10-8-7-9-11-26)22-36-34(42)25(5)16-19-40-17-14-24(4)15-18-40/h12-13,16,20,23-24,26,29-30H,6-11,14-15,17-19,21-22H2,1-5H3,(H,36,42)(H,37,41)(H,39,43)/b25-16+/t29-,30+/m0/s1. The molecule has 1 saturated heterocycles. The Kier molecular flexibility index (Phi) is 12.8. The van der Waals surface area contributed by atoms with Crippen LogP contribution in [-0.2, 0) is 20.8 Å². The van der Waals surface area contributed by atoms with Crippen molar-refractivity contribution in [1.29, 1.82) is 0 Å². The number of hydrogen-bond acceptors (Lipinski definition) is 6. The molecule has 0 unspecified atom stereocenters. The van der Waals surface area contributed by atoms with E-state index >= 15 is 0 Å². The molecule has 0 spiro atoms. The molecule has 4 rings (SSSR count). The van der Waals surface area contributed by atoms with Crippen LogP contribution in [0.25, 0.3) is 10.2 Å². The number of hydrogen-bond donors (Lipinski definition) is 3. The van der Waals surface area contributed by atoms with Crippen LogP contribution in [0.2, 0.25) is 0 Å². The number of likely N-dealkylation sites (tertiary alicyclic amines) is 1. The van der Waals surface area contributed by atoms with Gasteiger partial charge in [0.15, 0.2) is 0 Å². The smallest absolute Gasteiger partial charge is 0.246 e. The highest BCUT2D eigenvalue weighted by Gasteiger charge is 2.30. The molecule has 1 aromatic carbocycles. The summed E-state index contributed by atoms with van der Waals surface area (Å²) in [7, 11) is 0. The molecule has 2 aromatic rings. The molecule has 1 aliphatic carbocycles. The van der Waals surface area contributed by atoms with E-state index in [1.807, 2.05) is 19.1 Å². The minimum atomic E-state index is -0.733. The predicted molar refractivity (Wildman–Crippen MR) is 180 cm³/mol. The maximum absolute atomic E-state index is 13.8. The van der Waals surface area contributed by atoms with Crippen LogP contribution in [0, 0.1) is 11.8 Å². The molecular formula is C35H53N5O3S. The maximum atomic E-state index is 13.8. The van der Waals surface area contributed by atoms with Crippen molar-refractivity contribution in [3.05, 3.63) is 40.4 Å². The zero-order chi connectivity index (χ0) is 31.6. The van der Waals surface area contributed by atoms with Crippen LogP contribution in [-0.4, -0.2) is 65.9 Å². The van der Waals surface area contributed by atoms with Crippen LogP contribution in [0.5, 0.6) is 0 Å². The summed E-state index contributed by atoms with van der Waals surface area (Å²) < 4.78 is 1.09. The largest absolute Gasteiger partial charge is 0.350 e. The summed E-state index contributed by atoms with van der Waals surface area (Å²) in [5, 5.41) is 10.1. The van der Waals surface area contributed by atoms with Gasteiger partial charge in [0.25, 0.3) is 0 Å². The Labute approximate surface area is 267 Å². The molecule has 1 aromatic heterocycles. The zero-order valence-electron chi connectivity index (χ0n) is 27.4. The molecular weight excluding hydrogens is 570 g/mol. The van der Waals surface area contributed by atoms with Crippen molar-refractivity contribution in [1.82, 2.24) is 25.8 Å². The lowest BCUT2D eigenvalue weighted by atomic mass is 9.83. The molecule has 8 nitrogen and oxygen atoms in total. The van der Waals surface area contributed by atoms with E-state index in [0.29, 0.717) is 30.9 Å². The summed E-state index contributed by atoms with van der Waals surface area (Å²) in [6.45, 7) is 13.6. The highest BCUT2D eigenvalue weighted by molar-refractivity contribution is 7.18. The SMILES string of the molecule is CCC(=O)N[C@@H](Cc1nc2ccc(C(C)C)cc2s1)C(=O)N[C@H](CNC(=O)/C(C)=C/CN1CCC(C)CC1)C1CCCCC1. The van der Waals surface area contributed by atoms with E-state index in [2.05, 4.69) is 53.8 Å². The fourth-order valence-electron chi connectivity index (χ4n) is 6.22. The first-order valence-electron chi connectivity index (χ1n) is 16.8. The van der Waals surface area contributed by atoms with E-state index in [4.69, 9.17) is 4.98 Å². The Morgan fingerprint density at radius 3 is 2.48 bits per heavy atom. The van der Waals surface area contributed by atoms with Crippen molar-refractivity contribution in [2.75, 3.05) is 26.2 Å². The predicted octanol–water partition coefficient (Wildman–Crippen LogP) is 5.72. The van der Waals surface area contributed by atoms with Crippen LogP contribution in [0.15, 0.2) is 29.8 Å². The number of piperidine rings is 1. The quantitative estimate of drug-likeness (QED) is 0.248. The topological polar surface area (TPSA) is 103 Å². The third kappa shape index (κ3) is 9.86. The van der Waals surface area contributed by atoms with E-state index in [0.717, 1.165) is 66.5 Å². The average Bonchev–Trinajstić information content (AvgIpc) is 3.44. The monoisotopic (exact) mass is 623 g/mol. The van der Waals surface area contributed by atoms with Gasteiger partial charge in [-0.15, -0.1) is 11.3 Å². The van der Waals surface area contributed by atoms with E-state index in [1.54, 1.807) is 18.3 Å². The van der Waals surface area contributed by atoms with E-state index < -0.39 is 6.04 Å². The number of nitrogens with one attached hydrogen (secondary N) is 3. The number of nitrogens with zero attached hydrogens (tertiary/aromatic N) is 2. The third-order valence-corrected chi connectivity index (χ3v) is 10.4. The highest BCUT2D eigenvalue weighted by Crippen LogP contribution is 2.28. The van der Waals surface area contributed by atoms with Crippen LogP contribution in [0.1, 0.15) is 102 Å². The summed E-state index contributed by atoms with van der Waals surface area (Å²) in [6.07, 6.45) is 10.6. The lowest BCUT2D eigenvalue weighted by Crippen LogP contribution is -2.55. The second kappa shape index (κ2) is 16.5. The molecule has 1 saturated carbocycles. The average molecular weight is 624 g/mol. The molecule has 2 fully saturated rings. The number of aromatic nitrogens is 1. The van der Waals surface area contributed by atoms with Gasteiger partial charge in [-0.1, -0.05) is 59.1 Å². The van der Waals surface area contributed by atoms with E-state index in [-0.39, 0.29) is 29.7 Å². The van der Waals surface area contributed by atoms with Crippen LogP contribution in [0.4, 0.5) is 0 Å². The highest BCUT2D eigenvalue weighted by atomic mass is 32.1. The molecule has 3 N–H and O–H groups in total. The third-order valence-electron chi connectivity index (χ3n) is 9.39. The summed E-state index contributed by atoms with van der Waals surface area (Å²) in [4.78, 5) is 46.6. The summed E-state index contributed by atoms with van der Waals surface area (Å²) in [6, 6.07) is 5.38. The number of rotatable bonds is 13. The van der Waals surface area contributed by atoms with Gasteiger partial charge in [-0.2, -0.15) is 0 Å². The Balaban J connectivity index is 1.43. The molecule has 44 heavy (non-hydrogen) atoms. The molecule has 1 aliphatic heterocycles. The second-order valence-corrected chi connectivity index (χ2v) is 14.4. The molecule has 2 heterocycles. The van der Waals surface area contributed by atoms with Gasteiger partial charge in [0.1, 0.15) is 6.04 Å². The van der Waals surface area contributed by atoms with Crippen LogP contribution >= 0.6 is 11.3 Å². The van der Waals surface area contributed by atoms with Gasteiger partial charge in [-0.25, -0.2) is 4.98 Å². The summed E-state index contributed by atoms with van der Waals surface area (Å²) in [5.74, 6) is 1.01. The molecule has 3 amide bonds. The molecule has 2 aliphatic rings. The lowest BCUT2D eigenvalue weighted by Gasteiger charge is -2.32. The molecule has 9 heteroatoms. The van der Waals surface area contributed by atoms with Gasteiger partial charge in [0, 0.05) is 37.5 Å². The molecule has 0 bridgehead atoms. The fraction of sp³-hybridized carbons (Fsp3) is 0.657. The molecule has 0 radical (unpaired) electrons. The normalized spacial score (nSPS) is 18.7. The van der Waals surface area contributed by atoms with Crippen LogP contribution in [0.3, 0.4) is 0 Å². The van der Waals surface area contributed by atoms with Gasteiger partial charge >= 0.3 is 0 Å². The van der Waals surface area contributed by atoms with Gasteiger partial charge in [-0.05, 0) is 81.1 Å². The fourth-order valence-corrected chi connectivity index (χ4v) is 7.28. The summed E-state index contributed by atoms with van der Waals surface area (Å²) in [5.41, 5.74) is 2.88. The minimum absolute atomic E-state index is 0.0866. The second-order valence-electron chi connectivity index (χ2n) is 13.3. The first kappa shape index (κ1) is 34.1.